The molecule has 2 rings (SSSR count). The first kappa shape index (κ1) is 18.0. The van der Waals surface area contributed by atoms with Crippen LogP contribution in [0.3, 0.4) is 0 Å². The number of benzene rings is 1. The number of rotatable bonds is 4. The molecule has 0 atom stereocenters. The van der Waals surface area contributed by atoms with Gasteiger partial charge in [0, 0.05) is 17.2 Å². The lowest BCUT2D eigenvalue weighted by atomic mass is 10.2. The number of ether oxygens (including phenoxy) is 1. The van der Waals surface area contributed by atoms with E-state index < -0.39 is 11.7 Å². The first-order chi connectivity index (χ1) is 11.3. The van der Waals surface area contributed by atoms with Crippen LogP contribution in [0, 0.1) is 6.57 Å². The van der Waals surface area contributed by atoms with Gasteiger partial charge in [0.2, 0.25) is 0 Å². The summed E-state index contributed by atoms with van der Waals surface area (Å²) in [5, 5.41) is 7.05. The van der Waals surface area contributed by atoms with Crippen LogP contribution in [0.25, 0.3) is 10.5 Å². The van der Waals surface area contributed by atoms with Crippen LogP contribution in [-0.2, 0) is 11.2 Å². The highest BCUT2D eigenvalue weighted by atomic mass is 79.9. The Morgan fingerprint density at radius 1 is 1.46 bits per heavy atom. The molecular weight excluding hydrogens is 372 g/mol. The van der Waals surface area contributed by atoms with E-state index in [0.717, 1.165) is 15.7 Å². The smallest absolute Gasteiger partial charge is 0.407 e. The highest BCUT2D eigenvalue weighted by molar-refractivity contribution is 9.10. The number of carbonyl (C=O) groups excluding carboxylic acids is 1. The topological polar surface area (TPSA) is 60.5 Å². The molecule has 0 aliphatic rings. The second kappa shape index (κ2) is 7.49. The fourth-order valence-corrected chi connectivity index (χ4v) is 2.54. The van der Waals surface area contributed by atoms with Crippen LogP contribution < -0.4 is 5.32 Å². The molecule has 0 spiro atoms. The van der Waals surface area contributed by atoms with Gasteiger partial charge in [-0.05, 0) is 60.8 Å². The van der Waals surface area contributed by atoms with Crippen molar-refractivity contribution in [3.05, 3.63) is 52.0 Å². The summed E-state index contributed by atoms with van der Waals surface area (Å²) >= 11 is 3.46. The SMILES string of the molecule is [C-]#[N+]c1ccc(-n2cc(CCNC(=O)OC(C)(C)C)cn2)c(Br)c1. The van der Waals surface area contributed by atoms with Crippen molar-refractivity contribution in [3.8, 4) is 5.69 Å². The van der Waals surface area contributed by atoms with Crippen LogP contribution in [0.4, 0.5) is 10.5 Å². The number of hydrogen-bond acceptors (Lipinski definition) is 3. The third-order valence-corrected chi connectivity index (χ3v) is 3.66. The predicted molar refractivity (Wildman–Crippen MR) is 95.5 cm³/mol. The molecule has 2 aromatic rings. The summed E-state index contributed by atoms with van der Waals surface area (Å²) in [6.45, 7) is 13.0. The Hall–Kier alpha value is -2.33. The zero-order chi connectivity index (χ0) is 17.7. The number of aromatic nitrogens is 2. The Bertz CT molecular complexity index is 772. The Morgan fingerprint density at radius 2 is 2.21 bits per heavy atom. The second-order valence-electron chi connectivity index (χ2n) is 6.22. The maximum atomic E-state index is 11.6. The highest BCUT2D eigenvalue weighted by Crippen LogP contribution is 2.26. The molecule has 0 bridgehead atoms. The lowest BCUT2D eigenvalue weighted by molar-refractivity contribution is 0.0528. The maximum Gasteiger partial charge on any atom is 0.407 e. The van der Waals surface area contributed by atoms with E-state index >= 15 is 0 Å². The van der Waals surface area contributed by atoms with Crippen molar-refractivity contribution in [2.75, 3.05) is 6.54 Å². The van der Waals surface area contributed by atoms with Crippen LogP contribution in [0.15, 0.2) is 35.1 Å². The van der Waals surface area contributed by atoms with E-state index in [2.05, 4.69) is 31.2 Å². The molecule has 0 aliphatic heterocycles. The van der Waals surface area contributed by atoms with Crippen molar-refractivity contribution in [3.63, 3.8) is 0 Å². The minimum absolute atomic E-state index is 0.424. The molecule has 0 unspecified atom stereocenters. The number of hydrogen-bond donors (Lipinski definition) is 1. The lowest BCUT2D eigenvalue weighted by Crippen LogP contribution is -2.33. The number of carbonyl (C=O) groups is 1. The van der Waals surface area contributed by atoms with E-state index in [9.17, 15) is 4.79 Å². The first-order valence-corrected chi connectivity index (χ1v) is 8.25. The zero-order valence-electron chi connectivity index (χ0n) is 13.8. The Labute approximate surface area is 149 Å². The van der Waals surface area contributed by atoms with E-state index in [4.69, 9.17) is 11.3 Å². The fraction of sp³-hybridized carbons (Fsp3) is 0.353. The summed E-state index contributed by atoms with van der Waals surface area (Å²) in [4.78, 5) is 15.0. The van der Waals surface area contributed by atoms with Crippen molar-refractivity contribution in [1.82, 2.24) is 15.1 Å². The van der Waals surface area contributed by atoms with E-state index in [1.165, 1.54) is 0 Å². The number of halogens is 1. The molecule has 0 saturated carbocycles. The molecule has 1 amide bonds. The molecule has 1 heterocycles. The largest absolute Gasteiger partial charge is 0.444 e. The Balaban J connectivity index is 1.94. The molecular formula is C17H19BrN4O2. The van der Waals surface area contributed by atoms with Gasteiger partial charge in [0.15, 0.2) is 5.69 Å². The van der Waals surface area contributed by atoms with Gasteiger partial charge in [0.1, 0.15) is 5.60 Å². The minimum atomic E-state index is -0.501. The molecule has 0 fully saturated rings. The monoisotopic (exact) mass is 390 g/mol. The molecule has 0 radical (unpaired) electrons. The summed E-state index contributed by atoms with van der Waals surface area (Å²) in [7, 11) is 0. The van der Waals surface area contributed by atoms with Crippen molar-refractivity contribution in [2.45, 2.75) is 32.8 Å². The molecule has 0 saturated heterocycles. The Morgan fingerprint density at radius 3 is 2.83 bits per heavy atom. The number of nitrogens with one attached hydrogen (secondary N) is 1. The van der Waals surface area contributed by atoms with Crippen molar-refractivity contribution >= 4 is 27.7 Å². The lowest BCUT2D eigenvalue weighted by Gasteiger charge is -2.19. The van der Waals surface area contributed by atoms with Crippen LogP contribution in [0.2, 0.25) is 0 Å². The highest BCUT2D eigenvalue weighted by Gasteiger charge is 2.15. The third kappa shape index (κ3) is 5.10. The van der Waals surface area contributed by atoms with Crippen LogP contribution in [-0.4, -0.2) is 28.0 Å². The van der Waals surface area contributed by atoms with Gasteiger partial charge < -0.3 is 10.1 Å². The predicted octanol–water partition coefficient (Wildman–Crippen LogP) is 4.25. The zero-order valence-corrected chi connectivity index (χ0v) is 15.4. The number of nitrogens with zero attached hydrogens (tertiary/aromatic N) is 3. The van der Waals surface area contributed by atoms with Gasteiger partial charge in [-0.1, -0.05) is 6.07 Å². The molecule has 24 heavy (non-hydrogen) atoms. The standard InChI is InChI=1S/C17H19BrN4O2/c1-17(2,3)24-16(23)20-8-7-12-10-21-22(11-12)15-6-5-13(19-4)9-14(15)18/h5-6,9-11H,7-8H2,1-3H3,(H,20,23). The fourth-order valence-electron chi connectivity index (χ4n) is 2.00. The molecule has 126 valence electrons. The van der Waals surface area contributed by atoms with E-state index in [0.29, 0.717) is 18.7 Å². The summed E-state index contributed by atoms with van der Waals surface area (Å²) in [6.07, 6.45) is 3.88. The quantitative estimate of drug-likeness (QED) is 0.793. The van der Waals surface area contributed by atoms with Gasteiger partial charge in [-0.3, -0.25) is 0 Å². The molecule has 1 N–H and O–H groups in total. The molecule has 0 aliphatic carbocycles. The van der Waals surface area contributed by atoms with Gasteiger partial charge in [-0.15, -0.1) is 0 Å². The summed E-state index contributed by atoms with van der Waals surface area (Å²) in [6, 6.07) is 5.35. The summed E-state index contributed by atoms with van der Waals surface area (Å²) in [5.41, 5.74) is 1.92. The average Bonchev–Trinajstić information content (AvgIpc) is 2.93. The van der Waals surface area contributed by atoms with Crippen molar-refractivity contribution in [2.24, 2.45) is 0 Å². The minimum Gasteiger partial charge on any atom is -0.444 e. The Kier molecular flexibility index (Phi) is 5.62. The van der Waals surface area contributed by atoms with Gasteiger partial charge in [-0.25, -0.2) is 14.3 Å². The van der Waals surface area contributed by atoms with Gasteiger partial charge in [0.05, 0.1) is 18.5 Å². The van der Waals surface area contributed by atoms with Crippen LogP contribution >= 0.6 is 15.9 Å². The van der Waals surface area contributed by atoms with Gasteiger partial charge in [-0.2, -0.15) is 5.10 Å². The normalized spacial score (nSPS) is 11.0. The van der Waals surface area contributed by atoms with Crippen LogP contribution in [0.5, 0.6) is 0 Å². The second-order valence-corrected chi connectivity index (χ2v) is 7.07. The molecule has 7 heteroatoms. The molecule has 1 aromatic carbocycles. The first-order valence-electron chi connectivity index (χ1n) is 7.46. The van der Waals surface area contributed by atoms with Crippen LogP contribution in [0.1, 0.15) is 26.3 Å². The molecule has 6 nitrogen and oxygen atoms in total. The third-order valence-electron chi connectivity index (χ3n) is 3.03. The number of amides is 1. The number of alkyl carbamates (subject to hydrolysis) is 1. The van der Waals surface area contributed by atoms with E-state index in [1.54, 1.807) is 23.0 Å². The summed E-state index contributed by atoms with van der Waals surface area (Å²) in [5.74, 6) is 0. The molecule has 1 aromatic heterocycles. The maximum absolute atomic E-state index is 11.6. The average molecular weight is 391 g/mol. The van der Waals surface area contributed by atoms with E-state index in [-0.39, 0.29) is 0 Å². The van der Waals surface area contributed by atoms with E-state index in [1.807, 2.05) is 33.0 Å². The van der Waals surface area contributed by atoms with Gasteiger partial charge >= 0.3 is 6.09 Å². The van der Waals surface area contributed by atoms with Gasteiger partial charge in [0.25, 0.3) is 0 Å². The summed E-state index contributed by atoms with van der Waals surface area (Å²) < 4.78 is 7.73. The van der Waals surface area contributed by atoms with Crippen molar-refractivity contribution in [1.29, 1.82) is 0 Å². The van der Waals surface area contributed by atoms with Crippen molar-refractivity contribution < 1.29 is 9.53 Å².